The number of alkyl halides is 2. The van der Waals surface area contributed by atoms with Gasteiger partial charge < -0.3 is 4.74 Å². The first-order chi connectivity index (χ1) is 7.73. The lowest BCUT2D eigenvalue weighted by atomic mass is 10.4. The van der Waals surface area contributed by atoms with Crippen molar-refractivity contribution in [3.8, 4) is 0 Å². The van der Waals surface area contributed by atoms with Crippen LogP contribution < -0.4 is 0 Å². The van der Waals surface area contributed by atoms with Crippen LogP contribution in [0.1, 0.15) is 0 Å². The maximum atomic E-state index is 13.1. The summed E-state index contributed by atoms with van der Waals surface area (Å²) in [5, 5.41) is 0. The third-order valence-corrected chi connectivity index (χ3v) is 4.04. The Kier molecular flexibility index (Phi) is 5.15. The van der Waals surface area contributed by atoms with Crippen molar-refractivity contribution in [2.45, 2.75) is 5.92 Å². The summed E-state index contributed by atoms with van der Waals surface area (Å²) >= 11 is 10.6. The van der Waals surface area contributed by atoms with E-state index in [1.807, 2.05) is 0 Å². The highest BCUT2D eigenvalue weighted by atomic mass is 35.5. The second kappa shape index (κ2) is 5.79. The smallest absolute Gasteiger partial charge is 0.284 e. The SMILES string of the molecule is O=S(=O)(CC=C(Cl)Cl)N1CCOCC(F)(F)C1. The molecule has 17 heavy (non-hydrogen) atoms. The Morgan fingerprint density at radius 2 is 2.12 bits per heavy atom. The van der Waals surface area contributed by atoms with Gasteiger partial charge in [-0.25, -0.2) is 17.2 Å². The average Bonchev–Trinajstić information content (AvgIpc) is 2.37. The lowest BCUT2D eigenvalue weighted by molar-refractivity contribution is -0.0630. The fourth-order valence-corrected chi connectivity index (χ4v) is 2.95. The average molecular weight is 310 g/mol. The number of hydrogen-bond donors (Lipinski definition) is 0. The summed E-state index contributed by atoms with van der Waals surface area (Å²) in [5.74, 6) is -3.69. The van der Waals surface area contributed by atoms with E-state index < -0.39 is 34.9 Å². The molecule has 1 heterocycles. The highest BCUT2D eigenvalue weighted by Crippen LogP contribution is 2.21. The van der Waals surface area contributed by atoms with Gasteiger partial charge in [0, 0.05) is 6.54 Å². The first-order valence-electron chi connectivity index (χ1n) is 4.67. The highest BCUT2D eigenvalue weighted by Gasteiger charge is 2.38. The minimum Gasteiger partial charge on any atom is -0.374 e. The Bertz CT molecular complexity index is 396. The van der Waals surface area contributed by atoms with Crippen LogP contribution in [0.3, 0.4) is 0 Å². The minimum atomic E-state index is -3.84. The molecule has 0 saturated carbocycles. The fourth-order valence-electron chi connectivity index (χ4n) is 1.28. The summed E-state index contributed by atoms with van der Waals surface area (Å²) in [4.78, 5) is 0. The highest BCUT2D eigenvalue weighted by molar-refractivity contribution is 7.89. The van der Waals surface area contributed by atoms with Gasteiger partial charge in [0.25, 0.3) is 5.92 Å². The van der Waals surface area contributed by atoms with Crippen LogP contribution >= 0.6 is 23.2 Å². The van der Waals surface area contributed by atoms with Crippen molar-refractivity contribution in [1.82, 2.24) is 4.31 Å². The quantitative estimate of drug-likeness (QED) is 0.795. The molecule has 4 nitrogen and oxygen atoms in total. The van der Waals surface area contributed by atoms with Crippen LogP contribution in [-0.2, 0) is 14.8 Å². The minimum absolute atomic E-state index is 0.0624. The second-order valence-corrected chi connectivity index (χ2v) is 6.54. The Balaban J connectivity index is 2.79. The second-order valence-electron chi connectivity index (χ2n) is 3.51. The summed E-state index contributed by atoms with van der Waals surface area (Å²) in [6.07, 6.45) is 1.04. The largest absolute Gasteiger partial charge is 0.374 e. The molecule has 0 bridgehead atoms. The maximum Gasteiger partial charge on any atom is 0.284 e. The van der Waals surface area contributed by atoms with Crippen LogP contribution in [0.25, 0.3) is 0 Å². The van der Waals surface area contributed by atoms with Crippen molar-refractivity contribution in [1.29, 1.82) is 0 Å². The molecule has 0 N–H and O–H groups in total. The van der Waals surface area contributed by atoms with E-state index >= 15 is 0 Å². The zero-order valence-electron chi connectivity index (χ0n) is 8.70. The van der Waals surface area contributed by atoms with Crippen LogP contribution in [0.2, 0.25) is 0 Å². The van der Waals surface area contributed by atoms with Gasteiger partial charge in [0.1, 0.15) is 11.1 Å². The molecule has 0 aliphatic carbocycles. The maximum absolute atomic E-state index is 13.1. The van der Waals surface area contributed by atoms with Gasteiger partial charge in [-0.3, -0.25) is 0 Å². The van der Waals surface area contributed by atoms with Gasteiger partial charge in [0.05, 0.1) is 18.9 Å². The van der Waals surface area contributed by atoms with Crippen molar-refractivity contribution in [3.63, 3.8) is 0 Å². The van der Waals surface area contributed by atoms with Crippen LogP contribution in [0.5, 0.6) is 0 Å². The number of ether oxygens (including phenoxy) is 1. The van der Waals surface area contributed by atoms with Gasteiger partial charge in [-0.1, -0.05) is 23.2 Å². The van der Waals surface area contributed by atoms with Crippen molar-refractivity contribution in [2.24, 2.45) is 0 Å². The van der Waals surface area contributed by atoms with Crippen LogP contribution in [0.15, 0.2) is 10.6 Å². The van der Waals surface area contributed by atoms with E-state index in [4.69, 9.17) is 23.2 Å². The third-order valence-electron chi connectivity index (χ3n) is 2.05. The Morgan fingerprint density at radius 3 is 2.71 bits per heavy atom. The summed E-state index contributed by atoms with van der Waals surface area (Å²) in [6, 6.07) is 0. The van der Waals surface area contributed by atoms with E-state index in [0.29, 0.717) is 4.31 Å². The molecule has 0 atom stereocenters. The molecule has 0 unspecified atom stereocenters. The Hall–Kier alpha value is 0.0500. The van der Waals surface area contributed by atoms with Crippen molar-refractivity contribution in [2.75, 3.05) is 32.1 Å². The van der Waals surface area contributed by atoms with E-state index in [1.165, 1.54) is 0 Å². The van der Waals surface area contributed by atoms with Crippen molar-refractivity contribution in [3.05, 3.63) is 10.6 Å². The summed E-state index contributed by atoms with van der Waals surface area (Å²) in [5.41, 5.74) is 0. The molecule has 1 rings (SSSR count). The predicted octanol–water partition coefficient (Wildman–Crippen LogP) is 1.60. The lowest BCUT2D eigenvalue weighted by Gasteiger charge is -2.21. The molecule has 100 valence electrons. The molecule has 9 heteroatoms. The Morgan fingerprint density at radius 1 is 1.47 bits per heavy atom. The first-order valence-corrected chi connectivity index (χ1v) is 7.04. The zero-order valence-corrected chi connectivity index (χ0v) is 11.0. The van der Waals surface area contributed by atoms with Gasteiger partial charge in [-0.05, 0) is 6.08 Å². The van der Waals surface area contributed by atoms with Gasteiger partial charge in [0.2, 0.25) is 10.0 Å². The van der Waals surface area contributed by atoms with E-state index in [0.717, 1.165) is 6.08 Å². The molecule has 1 fully saturated rings. The molecule has 0 aromatic heterocycles. The van der Waals surface area contributed by atoms with E-state index in [-0.39, 0.29) is 17.6 Å². The molecular formula is C8H11Cl2F2NO3S. The summed E-state index contributed by atoms with van der Waals surface area (Å²) < 4.78 is 54.8. The molecule has 0 amide bonds. The normalized spacial score (nSPS) is 21.9. The molecular weight excluding hydrogens is 299 g/mol. The summed E-state index contributed by atoms with van der Waals surface area (Å²) in [6.45, 7) is -1.83. The molecule has 0 spiro atoms. The molecule has 1 aliphatic rings. The van der Waals surface area contributed by atoms with Crippen LogP contribution in [-0.4, -0.2) is 50.7 Å². The lowest BCUT2D eigenvalue weighted by Crippen LogP contribution is -2.41. The topological polar surface area (TPSA) is 46.6 Å². The predicted molar refractivity (Wildman–Crippen MR) is 60.9 cm³/mol. The molecule has 1 saturated heterocycles. The third kappa shape index (κ3) is 5.05. The van der Waals surface area contributed by atoms with Crippen molar-refractivity contribution >= 4 is 33.2 Å². The number of nitrogens with zero attached hydrogens (tertiary/aromatic N) is 1. The number of hydrogen-bond acceptors (Lipinski definition) is 3. The molecule has 0 aromatic rings. The number of halogens is 4. The number of sulfonamides is 1. The van der Waals surface area contributed by atoms with Gasteiger partial charge >= 0.3 is 0 Å². The van der Waals surface area contributed by atoms with E-state index in [2.05, 4.69) is 4.74 Å². The van der Waals surface area contributed by atoms with Crippen LogP contribution in [0.4, 0.5) is 8.78 Å². The summed E-state index contributed by atoms with van der Waals surface area (Å²) in [7, 11) is -3.84. The molecule has 1 aliphatic heterocycles. The van der Waals surface area contributed by atoms with E-state index in [1.54, 1.807) is 0 Å². The van der Waals surface area contributed by atoms with Crippen LogP contribution in [0, 0.1) is 0 Å². The zero-order chi connectivity index (χ0) is 13.1. The number of rotatable bonds is 3. The molecule has 0 radical (unpaired) electrons. The van der Waals surface area contributed by atoms with Gasteiger partial charge in [0.15, 0.2) is 0 Å². The molecule has 0 aromatic carbocycles. The van der Waals surface area contributed by atoms with Gasteiger partial charge in [-0.15, -0.1) is 0 Å². The monoisotopic (exact) mass is 309 g/mol. The fraction of sp³-hybridized carbons (Fsp3) is 0.750. The van der Waals surface area contributed by atoms with Crippen molar-refractivity contribution < 1.29 is 21.9 Å². The van der Waals surface area contributed by atoms with E-state index in [9.17, 15) is 17.2 Å². The Labute approximate surface area is 108 Å². The first kappa shape index (κ1) is 15.1. The van der Waals surface area contributed by atoms with Gasteiger partial charge in [-0.2, -0.15) is 4.31 Å². The standard InChI is InChI=1S/C8H11Cl2F2NO3S/c9-7(10)1-4-17(14,15)13-2-3-16-6-8(11,12)5-13/h1H,2-6H2.